The average Bonchev–Trinajstić information content (AvgIpc) is 1.92. The van der Waals surface area contributed by atoms with Gasteiger partial charge in [0, 0.05) is 4.11 Å². The average molecular weight is 144 g/mol. The van der Waals surface area contributed by atoms with Crippen LogP contribution in [0, 0.1) is 11.3 Å². The van der Waals surface area contributed by atoms with Crippen LogP contribution in [0.25, 0.3) is 0 Å². The number of rotatable bonds is 0. The van der Waals surface area contributed by atoms with Gasteiger partial charge in [0.2, 0.25) is 0 Å². The second kappa shape index (κ2) is 2.91. The van der Waals surface area contributed by atoms with E-state index in [0.717, 1.165) is 6.42 Å². The zero-order chi connectivity index (χ0) is 10.3. The maximum atomic E-state index is 7.85. The normalized spacial score (nSPS) is 45.3. The van der Waals surface area contributed by atoms with Gasteiger partial charge < -0.3 is 5.32 Å². The summed E-state index contributed by atoms with van der Waals surface area (Å²) in [7, 11) is 0. The minimum atomic E-state index is -1.52. The fraction of sp³-hybridized carbons (Fsp3) is 1.00. The molecule has 0 bridgehead atoms. The van der Waals surface area contributed by atoms with E-state index in [1.165, 1.54) is 0 Å². The molecule has 0 spiro atoms. The van der Waals surface area contributed by atoms with E-state index in [1.54, 1.807) is 0 Å². The smallest absolute Gasteiger partial charge is 0.0428 e. The van der Waals surface area contributed by atoms with Gasteiger partial charge in [-0.2, -0.15) is 0 Å². The highest BCUT2D eigenvalue weighted by Crippen LogP contribution is 2.32. The Morgan fingerprint density at radius 2 is 2.20 bits per heavy atom. The third kappa shape index (κ3) is 1.98. The van der Waals surface area contributed by atoms with Gasteiger partial charge in [-0.3, -0.25) is 0 Å². The third-order valence-electron chi connectivity index (χ3n) is 2.08. The third-order valence-corrected chi connectivity index (χ3v) is 2.08. The van der Waals surface area contributed by atoms with Crippen LogP contribution < -0.4 is 5.32 Å². The number of nitrogens with one attached hydrogen (secondary N) is 1. The first kappa shape index (κ1) is 4.76. The molecule has 1 rings (SSSR count). The van der Waals surface area contributed by atoms with Crippen LogP contribution in [0.4, 0.5) is 0 Å². The van der Waals surface area contributed by atoms with Crippen LogP contribution in [0.1, 0.15) is 37.7 Å². The Morgan fingerprint density at radius 3 is 2.70 bits per heavy atom. The lowest BCUT2D eigenvalue weighted by atomic mass is 9.76. The molecule has 1 heteroatoms. The molecule has 1 nitrogen and oxygen atoms in total. The Kier molecular flexibility index (Phi) is 1.39. The molecule has 0 aromatic rings. The summed E-state index contributed by atoms with van der Waals surface area (Å²) < 4.78 is 23.1. The molecule has 0 aromatic carbocycles. The Bertz CT molecular complexity index is 186. The van der Waals surface area contributed by atoms with Crippen molar-refractivity contribution in [1.82, 2.24) is 5.32 Å². The quantitative estimate of drug-likeness (QED) is 0.548. The lowest BCUT2D eigenvalue weighted by molar-refractivity contribution is 0.188. The summed E-state index contributed by atoms with van der Waals surface area (Å²) in [4.78, 5) is 0. The lowest BCUT2D eigenvalue weighted by Gasteiger charge is -2.34. The van der Waals surface area contributed by atoms with Crippen molar-refractivity contribution in [1.29, 1.82) is 0 Å². The van der Waals surface area contributed by atoms with Gasteiger partial charge >= 0.3 is 0 Å². The van der Waals surface area contributed by atoms with Crippen molar-refractivity contribution in [3.63, 3.8) is 0 Å². The van der Waals surface area contributed by atoms with Crippen molar-refractivity contribution in [2.45, 2.75) is 33.6 Å². The molecule has 0 amide bonds. The van der Waals surface area contributed by atoms with Gasteiger partial charge in [-0.05, 0) is 37.2 Å². The van der Waals surface area contributed by atoms with Crippen molar-refractivity contribution in [3.8, 4) is 0 Å². The predicted octanol–water partition coefficient (Wildman–Crippen LogP) is 2.03. The highest BCUT2D eigenvalue weighted by Gasteiger charge is 2.25. The molecule has 0 aromatic heterocycles. The SMILES string of the molecule is [2H]C1C(C(C)(C)C)CCNC1([2H])[2H]. The van der Waals surface area contributed by atoms with Gasteiger partial charge in [0.15, 0.2) is 0 Å². The molecule has 2 unspecified atom stereocenters. The van der Waals surface area contributed by atoms with E-state index in [2.05, 4.69) is 26.1 Å². The van der Waals surface area contributed by atoms with Crippen LogP contribution in [-0.2, 0) is 0 Å². The summed E-state index contributed by atoms with van der Waals surface area (Å²) in [5.74, 6) is 0.142. The fourth-order valence-electron chi connectivity index (χ4n) is 1.23. The van der Waals surface area contributed by atoms with E-state index in [4.69, 9.17) is 4.11 Å². The van der Waals surface area contributed by atoms with E-state index < -0.39 is 12.9 Å². The van der Waals surface area contributed by atoms with Crippen molar-refractivity contribution in [3.05, 3.63) is 0 Å². The van der Waals surface area contributed by atoms with Crippen LogP contribution in [0.2, 0.25) is 0 Å². The molecule has 10 heavy (non-hydrogen) atoms. The summed E-state index contributed by atoms with van der Waals surface area (Å²) in [6.07, 6.45) is 0.248. The Morgan fingerprint density at radius 1 is 1.50 bits per heavy atom. The molecular weight excluding hydrogens is 122 g/mol. The van der Waals surface area contributed by atoms with E-state index in [1.807, 2.05) is 0 Å². The molecule has 1 aliphatic rings. The molecule has 0 saturated carbocycles. The van der Waals surface area contributed by atoms with Crippen LogP contribution in [-0.4, -0.2) is 13.0 Å². The first-order valence-corrected chi connectivity index (χ1v) is 3.92. The Balaban J connectivity index is 2.77. The lowest BCUT2D eigenvalue weighted by Crippen LogP contribution is -2.34. The fourth-order valence-corrected chi connectivity index (χ4v) is 1.23. The minimum absolute atomic E-state index is 0.0296. The van der Waals surface area contributed by atoms with E-state index in [9.17, 15) is 0 Å². The van der Waals surface area contributed by atoms with Gasteiger partial charge in [0.1, 0.15) is 0 Å². The monoisotopic (exact) mass is 144 g/mol. The summed E-state index contributed by atoms with van der Waals surface area (Å²) in [6.45, 7) is 5.42. The van der Waals surface area contributed by atoms with Gasteiger partial charge in [-0.15, -0.1) is 0 Å². The van der Waals surface area contributed by atoms with Crippen molar-refractivity contribution >= 4 is 0 Å². The zero-order valence-electron chi connectivity index (χ0n) is 10.1. The molecule has 60 valence electrons. The van der Waals surface area contributed by atoms with Crippen LogP contribution in [0.5, 0.6) is 0 Å². The van der Waals surface area contributed by atoms with Gasteiger partial charge in [-0.1, -0.05) is 20.8 Å². The second-order valence-corrected chi connectivity index (χ2v) is 4.00. The van der Waals surface area contributed by atoms with Gasteiger partial charge in [0.25, 0.3) is 0 Å². The van der Waals surface area contributed by atoms with Crippen molar-refractivity contribution in [2.75, 3.05) is 13.0 Å². The van der Waals surface area contributed by atoms with Crippen molar-refractivity contribution in [2.24, 2.45) is 11.3 Å². The summed E-state index contributed by atoms with van der Waals surface area (Å²) >= 11 is 0. The van der Waals surface area contributed by atoms with Gasteiger partial charge in [-0.25, -0.2) is 0 Å². The van der Waals surface area contributed by atoms with E-state index in [0.29, 0.717) is 6.54 Å². The number of hydrogen-bond donors (Lipinski definition) is 1. The van der Waals surface area contributed by atoms with E-state index >= 15 is 0 Å². The first-order valence-electron chi connectivity index (χ1n) is 5.50. The maximum Gasteiger partial charge on any atom is 0.0428 e. The van der Waals surface area contributed by atoms with Gasteiger partial charge in [0.05, 0.1) is 0 Å². The topological polar surface area (TPSA) is 12.0 Å². The van der Waals surface area contributed by atoms with E-state index in [-0.39, 0.29) is 11.3 Å². The predicted molar refractivity (Wildman–Crippen MR) is 45.0 cm³/mol. The largest absolute Gasteiger partial charge is 0.317 e. The van der Waals surface area contributed by atoms with Crippen LogP contribution >= 0.6 is 0 Å². The molecule has 1 fully saturated rings. The molecule has 1 saturated heterocycles. The summed E-state index contributed by atoms with van der Waals surface area (Å²) in [6, 6.07) is 0. The molecule has 0 radical (unpaired) electrons. The van der Waals surface area contributed by atoms with Crippen molar-refractivity contribution < 1.29 is 4.11 Å². The minimum Gasteiger partial charge on any atom is -0.317 e. The number of hydrogen-bond acceptors (Lipinski definition) is 1. The molecule has 1 aliphatic heterocycles. The molecular formula is C9H19N. The maximum absolute atomic E-state index is 7.85. The van der Waals surface area contributed by atoms with Crippen LogP contribution in [0.3, 0.4) is 0 Å². The molecule has 1 heterocycles. The number of piperidine rings is 1. The second-order valence-electron chi connectivity index (χ2n) is 4.00. The first-order chi connectivity index (χ1) is 5.75. The van der Waals surface area contributed by atoms with Crippen LogP contribution in [0.15, 0.2) is 0 Å². The molecule has 1 N–H and O–H groups in total. The molecule has 0 aliphatic carbocycles. The Hall–Kier alpha value is -0.0400. The zero-order valence-corrected chi connectivity index (χ0v) is 7.07. The standard InChI is InChI=1S/C9H19N/c1-9(2,3)8-4-6-10-7-5-8/h8,10H,4-7H2,1-3H3/i4D,6D2. The Labute approximate surface area is 68.4 Å². The highest BCUT2D eigenvalue weighted by molar-refractivity contribution is 4.78. The highest BCUT2D eigenvalue weighted by atomic mass is 14.9. The summed E-state index contributed by atoms with van der Waals surface area (Å²) in [5.41, 5.74) is 0.0296. The molecule has 2 atom stereocenters. The summed E-state index contributed by atoms with van der Waals surface area (Å²) in [5, 5.41) is 2.76.